The summed E-state index contributed by atoms with van der Waals surface area (Å²) < 4.78 is 19.6. The van der Waals surface area contributed by atoms with Crippen molar-refractivity contribution in [1.82, 2.24) is 10.3 Å². The van der Waals surface area contributed by atoms with Crippen LogP contribution in [0.15, 0.2) is 89.5 Å². The number of hydrogen-bond donors (Lipinski definition) is 1. The van der Waals surface area contributed by atoms with Crippen molar-refractivity contribution in [1.29, 1.82) is 0 Å². The highest BCUT2D eigenvalue weighted by molar-refractivity contribution is 7.80. The van der Waals surface area contributed by atoms with Crippen LogP contribution in [0.4, 0.5) is 10.1 Å². The lowest BCUT2D eigenvalue weighted by atomic mass is 10.0. The highest BCUT2D eigenvalue weighted by Crippen LogP contribution is 2.42. The molecule has 0 radical (unpaired) electrons. The Morgan fingerprint density at radius 1 is 0.968 bits per heavy atom. The topological polar surface area (TPSA) is 41.3 Å². The van der Waals surface area contributed by atoms with Crippen molar-refractivity contribution in [2.45, 2.75) is 19.0 Å². The monoisotopic (exact) mass is 429 g/mol. The zero-order valence-corrected chi connectivity index (χ0v) is 17.6. The SMILES string of the molecule is Cc1ccc(N2C(=S)N[C@H](c3ccccn3)[C@H]2c2ccc(-c3ccc(F)cc3)o2)cc1. The second kappa shape index (κ2) is 7.96. The first kappa shape index (κ1) is 19.5. The van der Waals surface area contributed by atoms with E-state index < -0.39 is 0 Å². The van der Waals surface area contributed by atoms with Gasteiger partial charge in [0, 0.05) is 17.4 Å². The number of hydrogen-bond acceptors (Lipinski definition) is 3. The normalized spacial score (nSPS) is 18.3. The van der Waals surface area contributed by atoms with Crippen LogP contribution in [0.3, 0.4) is 0 Å². The summed E-state index contributed by atoms with van der Waals surface area (Å²) in [5.74, 6) is 1.15. The van der Waals surface area contributed by atoms with Crippen LogP contribution >= 0.6 is 12.2 Å². The quantitative estimate of drug-likeness (QED) is 0.405. The molecule has 3 heterocycles. The molecule has 31 heavy (non-hydrogen) atoms. The number of rotatable bonds is 4. The van der Waals surface area contributed by atoms with Crippen molar-refractivity contribution in [2.75, 3.05) is 4.90 Å². The first-order valence-electron chi connectivity index (χ1n) is 10.0. The average molecular weight is 430 g/mol. The second-order valence-corrected chi connectivity index (χ2v) is 7.93. The van der Waals surface area contributed by atoms with E-state index in [9.17, 15) is 4.39 Å². The lowest BCUT2D eigenvalue weighted by molar-refractivity contribution is 0.439. The molecule has 2 aromatic heterocycles. The number of nitrogens with zero attached hydrogens (tertiary/aromatic N) is 2. The van der Waals surface area contributed by atoms with E-state index in [1.165, 1.54) is 17.7 Å². The van der Waals surface area contributed by atoms with Crippen LogP contribution in [0.25, 0.3) is 11.3 Å². The Morgan fingerprint density at radius 2 is 1.74 bits per heavy atom. The molecule has 0 bridgehead atoms. The Morgan fingerprint density at radius 3 is 2.45 bits per heavy atom. The van der Waals surface area contributed by atoms with Crippen LogP contribution in [0.1, 0.15) is 29.1 Å². The molecule has 154 valence electrons. The number of aromatic nitrogens is 1. The summed E-state index contributed by atoms with van der Waals surface area (Å²) in [6.07, 6.45) is 1.78. The van der Waals surface area contributed by atoms with Crippen LogP contribution in [-0.4, -0.2) is 10.1 Å². The lowest BCUT2D eigenvalue weighted by Crippen LogP contribution is -2.29. The third-order valence-corrected chi connectivity index (χ3v) is 5.77. The number of furan rings is 1. The minimum absolute atomic E-state index is 0.178. The van der Waals surface area contributed by atoms with Gasteiger partial charge in [0.05, 0.1) is 11.7 Å². The van der Waals surface area contributed by atoms with Gasteiger partial charge >= 0.3 is 0 Å². The van der Waals surface area contributed by atoms with Crippen molar-refractivity contribution < 1.29 is 8.81 Å². The van der Waals surface area contributed by atoms with Gasteiger partial charge in [-0.1, -0.05) is 23.8 Å². The number of pyridine rings is 1. The molecular formula is C25H20FN3OS. The molecule has 1 N–H and O–H groups in total. The van der Waals surface area contributed by atoms with Gasteiger partial charge in [-0.25, -0.2) is 4.39 Å². The van der Waals surface area contributed by atoms with E-state index in [0.717, 1.165) is 22.7 Å². The van der Waals surface area contributed by atoms with Gasteiger partial charge in [-0.2, -0.15) is 0 Å². The standard InChI is InChI=1S/C25H20FN3OS/c1-16-5-11-19(12-6-16)29-24(23(28-25(29)31)20-4-2-3-15-27-20)22-14-13-21(30-22)17-7-9-18(26)10-8-17/h2-15,23-24H,1H3,(H,28,31)/t23-,24-/m1/s1. The van der Waals surface area contributed by atoms with Crippen LogP contribution in [0, 0.1) is 12.7 Å². The third kappa shape index (κ3) is 3.70. The molecule has 2 atom stereocenters. The molecule has 0 saturated carbocycles. The van der Waals surface area contributed by atoms with Crippen LogP contribution in [-0.2, 0) is 0 Å². The average Bonchev–Trinajstić information content (AvgIpc) is 3.40. The van der Waals surface area contributed by atoms with Gasteiger partial charge < -0.3 is 14.6 Å². The molecule has 1 saturated heterocycles. The summed E-state index contributed by atoms with van der Waals surface area (Å²) in [4.78, 5) is 6.63. The molecule has 0 spiro atoms. The number of thiocarbonyl (C=S) groups is 1. The molecule has 1 fully saturated rings. The minimum atomic E-state index is -0.276. The molecule has 0 aliphatic carbocycles. The van der Waals surface area contributed by atoms with Crippen LogP contribution in [0.2, 0.25) is 0 Å². The summed E-state index contributed by atoms with van der Waals surface area (Å²) in [7, 11) is 0. The molecule has 6 heteroatoms. The minimum Gasteiger partial charge on any atom is -0.459 e. The molecular weight excluding hydrogens is 409 g/mol. The Bertz CT molecular complexity index is 1210. The smallest absolute Gasteiger partial charge is 0.174 e. The maximum absolute atomic E-state index is 13.3. The van der Waals surface area contributed by atoms with Crippen molar-refractivity contribution in [2.24, 2.45) is 0 Å². The highest BCUT2D eigenvalue weighted by atomic mass is 32.1. The van der Waals surface area contributed by atoms with E-state index in [1.54, 1.807) is 18.3 Å². The lowest BCUT2D eigenvalue weighted by Gasteiger charge is -2.26. The van der Waals surface area contributed by atoms with Crippen LogP contribution in [0.5, 0.6) is 0 Å². The van der Waals surface area contributed by atoms with E-state index in [2.05, 4.69) is 46.4 Å². The molecule has 4 aromatic rings. The van der Waals surface area contributed by atoms with E-state index in [4.69, 9.17) is 16.6 Å². The molecule has 1 aliphatic heterocycles. The van der Waals surface area contributed by atoms with Gasteiger partial charge in [0.1, 0.15) is 23.4 Å². The molecule has 4 nitrogen and oxygen atoms in total. The predicted octanol–water partition coefficient (Wildman–Crippen LogP) is 5.97. The number of aryl methyl sites for hydroxylation is 1. The summed E-state index contributed by atoms with van der Waals surface area (Å²) in [5, 5.41) is 4.04. The van der Waals surface area contributed by atoms with Crippen molar-refractivity contribution in [3.8, 4) is 11.3 Å². The van der Waals surface area contributed by atoms with Crippen molar-refractivity contribution in [3.05, 3.63) is 108 Å². The van der Waals surface area contributed by atoms with E-state index in [1.807, 2.05) is 30.3 Å². The Balaban J connectivity index is 1.59. The summed E-state index contributed by atoms with van der Waals surface area (Å²) >= 11 is 5.73. The zero-order valence-electron chi connectivity index (χ0n) is 16.8. The Kier molecular flexibility index (Phi) is 5.00. The third-order valence-electron chi connectivity index (χ3n) is 5.46. The first-order chi connectivity index (χ1) is 15.1. The predicted molar refractivity (Wildman–Crippen MR) is 123 cm³/mol. The van der Waals surface area contributed by atoms with Crippen molar-refractivity contribution >= 4 is 23.0 Å². The fourth-order valence-corrected chi connectivity index (χ4v) is 4.25. The number of halogens is 1. The summed E-state index contributed by atoms with van der Waals surface area (Å²) in [6.45, 7) is 2.06. The Hall–Kier alpha value is -3.51. The maximum atomic E-state index is 13.3. The molecule has 2 aromatic carbocycles. The largest absolute Gasteiger partial charge is 0.459 e. The summed E-state index contributed by atoms with van der Waals surface area (Å²) in [6, 6.07) is 23.8. The van der Waals surface area contributed by atoms with Crippen molar-refractivity contribution in [3.63, 3.8) is 0 Å². The van der Waals surface area contributed by atoms with E-state index >= 15 is 0 Å². The van der Waals surface area contributed by atoms with Gasteiger partial charge in [-0.05, 0) is 79.8 Å². The molecule has 5 rings (SSSR count). The number of benzene rings is 2. The molecule has 0 amide bonds. The van der Waals surface area contributed by atoms with E-state index in [0.29, 0.717) is 10.9 Å². The molecule has 0 unspecified atom stereocenters. The maximum Gasteiger partial charge on any atom is 0.174 e. The zero-order chi connectivity index (χ0) is 21.4. The van der Waals surface area contributed by atoms with Gasteiger partial charge in [0.25, 0.3) is 0 Å². The van der Waals surface area contributed by atoms with E-state index in [-0.39, 0.29) is 17.9 Å². The van der Waals surface area contributed by atoms with Gasteiger partial charge in [0.15, 0.2) is 5.11 Å². The van der Waals surface area contributed by atoms with Crippen LogP contribution < -0.4 is 10.2 Å². The Labute approximate surface area is 185 Å². The van der Waals surface area contributed by atoms with Gasteiger partial charge in [0.2, 0.25) is 0 Å². The van der Waals surface area contributed by atoms with Gasteiger partial charge in [-0.15, -0.1) is 0 Å². The van der Waals surface area contributed by atoms with Gasteiger partial charge in [-0.3, -0.25) is 4.98 Å². The number of anilines is 1. The highest BCUT2D eigenvalue weighted by Gasteiger charge is 2.42. The second-order valence-electron chi connectivity index (χ2n) is 7.54. The number of nitrogens with one attached hydrogen (secondary N) is 1. The molecule has 1 aliphatic rings. The first-order valence-corrected chi connectivity index (χ1v) is 10.4. The summed E-state index contributed by atoms with van der Waals surface area (Å²) in [5.41, 5.74) is 3.85. The fraction of sp³-hybridized carbons (Fsp3) is 0.120. The fourth-order valence-electron chi connectivity index (χ4n) is 3.91.